The molecular weight excluding hydrogens is 424 g/mol. The largest absolute Gasteiger partial charge is 0.435 e. The maximum Gasteiger partial charge on any atom is 0.387 e. The van der Waals surface area contributed by atoms with E-state index in [4.69, 9.17) is 5.73 Å². The van der Waals surface area contributed by atoms with Crippen molar-refractivity contribution >= 4 is 17.4 Å². The van der Waals surface area contributed by atoms with Crippen LogP contribution in [0.2, 0.25) is 0 Å². The number of ether oxygens (including phenoxy) is 1. The van der Waals surface area contributed by atoms with Gasteiger partial charge in [-0.15, -0.1) is 0 Å². The number of rotatable bonds is 11. The summed E-state index contributed by atoms with van der Waals surface area (Å²) in [6, 6.07) is 6.20. The molecule has 0 aliphatic heterocycles. The number of carbonyl (C=O) groups excluding carboxylic acids is 1. The lowest BCUT2D eigenvalue weighted by atomic mass is 10.2. The molecule has 0 aliphatic rings. The summed E-state index contributed by atoms with van der Waals surface area (Å²) in [5.41, 5.74) is 5.38. The number of anilines is 2. The van der Waals surface area contributed by atoms with Gasteiger partial charge in [0.25, 0.3) is 5.56 Å². The SMILES string of the molecule is CCCCn1c(N)c(N(CC)C(=O)CN(C)Cc2cccc(OC(F)F)c2)c(=O)[nH]c1=O. The van der Waals surface area contributed by atoms with Gasteiger partial charge in [-0.2, -0.15) is 8.78 Å². The molecule has 2 rings (SSSR count). The van der Waals surface area contributed by atoms with Crippen molar-refractivity contribution in [2.24, 2.45) is 0 Å². The summed E-state index contributed by atoms with van der Waals surface area (Å²) in [7, 11) is 1.68. The molecule has 1 heterocycles. The topological polar surface area (TPSA) is 114 Å². The van der Waals surface area contributed by atoms with Crippen LogP contribution >= 0.6 is 0 Å². The predicted octanol–water partition coefficient (Wildman–Crippen LogP) is 2.01. The first-order chi connectivity index (χ1) is 15.2. The minimum Gasteiger partial charge on any atom is -0.435 e. The molecule has 0 bridgehead atoms. The van der Waals surface area contributed by atoms with Crippen molar-refractivity contribution in [3.8, 4) is 5.75 Å². The highest BCUT2D eigenvalue weighted by atomic mass is 19.3. The van der Waals surface area contributed by atoms with Gasteiger partial charge in [-0.3, -0.25) is 24.0 Å². The number of hydrogen-bond donors (Lipinski definition) is 2. The van der Waals surface area contributed by atoms with Gasteiger partial charge in [0.2, 0.25) is 5.91 Å². The van der Waals surface area contributed by atoms with Crippen LogP contribution in [-0.2, 0) is 17.9 Å². The number of nitrogen functional groups attached to an aromatic ring is 1. The molecular formula is C21H29F2N5O4. The molecule has 1 aromatic heterocycles. The molecule has 0 atom stereocenters. The summed E-state index contributed by atoms with van der Waals surface area (Å²) in [4.78, 5) is 42.7. The Labute approximate surface area is 184 Å². The van der Waals surface area contributed by atoms with Crippen LogP contribution in [0.5, 0.6) is 5.75 Å². The second kappa shape index (κ2) is 11.4. The van der Waals surface area contributed by atoms with E-state index in [1.54, 1.807) is 31.0 Å². The third-order valence-corrected chi connectivity index (χ3v) is 4.82. The molecule has 0 saturated heterocycles. The zero-order valence-corrected chi connectivity index (χ0v) is 18.4. The number of H-pyrrole nitrogens is 1. The lowest BCUT2D eigenvalue weighted by Gasteiger charge is -2.25. The van der Waals surface area contributed by atoms with Gasteiger partial charge in [0.1, 0.15) is 11.6 Å². The standard InChI is InChI=1S/C21H29F2N5O4/c1-4-6-10-28-18(24)17(19(30)25-21(28)31)27(5-2)16(29)13-26(3)12-14-8-7-9-15(11-14)32-20(22)23/h7-9,11,20H,4-6,10,12-13,24H2,1-3H3,(H,25,30,31). The van der Waals surface area contributed by atoms with E-state index in [1.807, 2.05) is 6.92 Å². The molecule has 2 aromatic rings. The molecule has 1 amide bonds. The number of hydrogen-bond acceptors (Lipinski definition) is 6. The fourth-order valence-corrected chi connectivity index (χ4v) is 3.34. The Hall–Kier alpha value is -3.21. The second-order valence-corrected chi connectivity index (χ2v) is 7.33. The molecule has 0 fully saturated rings. The van der Waals surface area contributed by atoms with Gasteiger partial charge >= 0.3 is 12.3 Å². The maximum absolute atomic E-state index is 13.0. The monoisotopic (exact) mass is 453 g/mol. The third-order valence-electron chi connectivity index (χ3n) is 4.82. The Morgan fingerprint density at radius 3 is 2.62 bits per heavy atom. The van der Waals surface area contributed by atoms with Crippen molar-refractivity contribution in [2.75, 3.05) is 30.8 Å². The Kier molecular flexibility index (Phi) is 8.94. The highest BCUT2D eigenvalue weighted by Crippen LogP contribution is 2.19. The van der Waals surface area contributed by atoms with Gasteiger partial charge in [0.05, 0.1) is 6.54 Å². The van der Waals surface area contributed by atoms with Crippen LogP contribution < -0.4 is 26.6 Å². The number of benzene rings is 1. The van der Waals surface area contributed by atoms with Crippen molar-refractivity contribution < 1.29 is 18.3 Å². The van der Waals surface area contributed by atoms with Gasteiger partial charge in [-0.1, -0.05) is 25.5 Å². The van der Waals surface area contributed by atoms with Crippen LogP contribution in [0.25, 0.3) is 0 Å². The van der Waals surface area contributed by atoms with Crippen molar-refractivity contribution in [3.05, 3.63) is 50.7 Å². The van der Waals surface area contributed by atoms with Crippen LogP contribution in [0.15, 0.2) is 33.9 Å². The van der Waals surface area contributed by atoms with Crippen molar-refractivity contribution in [1.82, 2.24) is 14.5 Å². The number of likely N-dealkylation sites (N-methyl/N-ethyl adjacent to an activating group) is 2. The van der Waals surface area contributed by atoms with Crippen LogP contribution in [0.1, 0.15) is 32.3 Å². The van der Waals surface area contributed by atoms with Gasteiger partial charge in [0.15, 0.2) is 5.69 Å². The average molecular weight is 453 g/mol. The van der Waals surface area contributed by atoms with E-state index in [9.17, 15) is 23.2 Å². The minimum atomic E-state index is -2.92. The van der Waals surface area contributed by atoms with Crippen LogP contribution in [0.3, 0.4) is 0 Å². The lowest BCUT2D eigenvalue weighted by Crippen LogP contribution is -2.44. The fourth-order valence-electron chi connectivity index (χ4n) is 3.34. The van der Waals surface area contributed by atoms with E-state index in [0.29, 0.717) is 18.5 Å². The minimum absolute atomic E-state index is 0.0288. The molecule has 32 heavy (non-hydrogen) atoms. The molecule has 0 aliphatic carbocycles. The number of unbranched alkanes of at least 4 members (excludes halogenated alkanes) is 1. The number of aromatic amines is 1. The van der Waals surface area contributed by atoms with E-state index in [0.717, 1.165) is 6.42 Å². The van der Waals surface area contributed by atoms with Crippen LogP contribution in [0, 0.1) is 0 Å². The first-order valence-corrected chi connectivity index (χ1v) is 10.3. The number of nitrogens with two attached hydrogens (primary N) is 1. The Bertz CT molecular complexity index is 1040. The number of carbonyl (C=O) groups is 1. The summed E-state index contributed by atoms with van der Waals surface area (Å²) in [6.45, 7) is 1.44. The molecule has 11 heteroatoms. The molecule has 9 nitrogen and oxygen atoms in total. The summed E-state index contributed by atoms with van der Waals surface area (Å²) < 4.78 is 30.5. The first kappa shape index (κ1) is 25.1. The number of aromatic nitrogens is 2. The average Bonchev–Trinajstić information content (AvgIpc) is 2.70. The van der Waals surface area contributed by atoms with Gasteiger partial charge in [0, 0.05) is 19.6 Å². The molecule has 0 radical (unpaired) electrons. The van der Waals surface area contributed by atoms with Crippen LogP contribution in [-0.4, -0.2) is 47.1 Å². The summed E-state index contributed by atoms with van der Waals surface area (Å²) in [5.74, 6) is -0.421. The summed E-state index contributed by atoms with van der Waals surface area (Å²) in [6.07, 6.45) is 1.51. The Morgan fingerprint density at radius 1 is 1.28 bits per heavy atom. The smallest absolute Gasteiger partial charge is 0.387 e. The van der Waals surface area contributed by atoms with Crippen molar-refractivity contribution in [3.63, 3.8) is 0 Å². The summed E-state index contributed by atoms with van der Waals surface area (Å²) in [5, 5.41) is 0. The Morgan fingerprint density at radius 2 is 2.00 bits per heavy atom. The van der Waals surface area contributed by atoms with Crippen molar-refractivity contribution in [1.29, 1.82) is 0 Å². The maximum atomic E-state index is 13.0. The number of halogens is 2. The zero-order chi connectivity index (χ0) is 23.8. The van der Waals surface area contributed by atoms with Crippen molar-refractivity contribution in [2.45, 2.75) is 46.4 Å². The number of alkyl halides is 2. The normalized spacial score (nSPS) is 11.2. The summed E-state index contributed by atoms with van der Waals surface area (Å²) >= 11 is 0. The van der Waals surface area contributed by atoms with E-state index < -0.39 is 23.8 Å². The van der Waals surface area contributed by atoms with Gasteiger partial charge in [-0.25, -0.2) is 4.79 Å². The van der Waals surface area contributed by atoms with E-state index >= 15 is 0 Å². The molecule has 0 spiro atoms. The van der Waals surface area contributed by atoms with Gasteiger partial charge in [-0.05, 0) is 38.1 Å². The number of nitrogens with zero attached hydrogens (tertiary/aromatic N) is 3. The molecule has 0 unspecified atom stereocenters. The first-order valence-electron chi connectivity index (χ1n) is 10.3. The highest BCUT2D eigenvalue weighted by Gasteiger charge is 2.23. The number of amides is 1. The quantitative estimate of drug-likeness (QED) is 0.538. The highest BCUT2D eigenvalue weighted by molar-refractivity contribution is 5.96. The number of nitrogens with one attached hydrogen (secondary N) is 1. The second-order valence-electron chi connectivity index (χ2n) is 7.33. The van der Waals surface area contributed by atoms with E-state index in [2.05, 4.69) is 9.72 Å². The lowest BCUT2D eigenvalue weighted by molar-refractivity contribution is -0.119. The predicted molar refractivity (Wildman–Crippen MR) is 118 cm³/mol. The fraction of sp³-hybridized carbons (Fsp3) is 0.476. The van der Waals surface area contributed by atoms with E-state index in [1.165, 1.54) is 21.6 Å². The van der Waals surface area contributed by atoms with E-state index in [-0.39, 0.29) is 36.9 Å². The molecule has 3 N–H and O–H groups in total. The molecule has 1 aromatic carbocycles. The zero-order valence-electron chi connectivity index (χ0n) is 18.4. The van der Waals surface area contributed by atoms with Gasteiger partial charge < -0.3 is 15.4 Å². The van der Waals surface area contributed by atoms with Crippen LogP contribution in [0.4, 0.5) is 20.3 Å². The Balaban J connectivity index is 2.20. The third kappa shape index (κ3) is 6.39. The molecule has 176 valence electrons. The molecule has 0 saturated carbocycles.